The summed E-state index contributed by atoms with van der Waals surface area (Å²) in [6.45, 7) is 6.05. The topological polar surface area (TPSA) is 80.9 Å². The summed E-state index contributed by atoms with van der Waals surface area (Å²) < 4.78 is 0. The Hall–Kier alpha value is -1.65. The minimum absolute atomic E-state index is 0.217. The van der Waals surface area contributed by atoms with E-state index in [0.717, 1.165) is 12.8 Å². The fraction of sp³-hybridized carbons (Fsp3) is 0.545. The molecule has 0 spiro atoms. The number of nitrogens with two attached hydrogens (primary N) is 1. The van der Waals surface area contributed by atoms with E-state index in [1.807, 2.05) is 13.8 Å². The second-order valence-electron chi connectivity index (χ2n) is 4.43. The highest BCUT2D eigenvalue weighted by atomic mass is 16.2. The Morgan fingerprint density at radius 1 is 1.44 bits per heavy atom. The predicted octanol–water partition coefficient (Wildman–Crippen LogP) is 1.37. The van der Waals surface area contributed by atoms with Crippen molar-refractivity contribution in [1.82, 2.24) is 15.5 Å². The number of hydrogen-bond acceptors (Lipinski definition) is 4. The van der Waals surface area contributed by atoms with Gasteiger partial charge in [-0.1, -0.05) is 13.3 Å². The van der Waals surface area contributed by atoms with Crippen molar-refractivity contribution in [1.29, 1.82) is 0 Å². The van der Waals surface area contributed by atoms with Crippen molar-refractivity contribution in [3.05, 3.63) is 17.8 Å². The SMILES string of the molecule is CCCC(C)(C)NC(=O)c1ccc(N)nn1. The van der Waals surface area contributed by atoms with Gasteiger partial charge in [-0.2, -0.15) is 0 Å². The summed E-state index contributed by atoms with van der Waals surface area (Å²) in [6.07, 6.45) is 1.93. The molecule has 88 valence electrons. The van der Waals surface area contributed by atoms with Gasteiger partial charge in [0, 0.05) is 5.54 Å². The van der Waals surface area contributed by atoms with E-state index in [-0.39, 0.29) is 11.4 Å². The molecule has 0 aromatic carbocycles. The molecule has 0 aliphatic heterocycles. The molecular weight excluding hydrogens is 204 g/mol. The van der Waals surface area contributed by atoms with Gasteiger partial charge >= 0.3 is 0 Å². The monoisotopic (exact) mass is 222 g/mol. The van der Waals surface area contributed by atoms with Crippen LogP contribution in [0.3, 0.4) is 0 Å². The molecule has 1 heterocycles. The van der Waals surface area contributed by atoms with Gasteiger partial charge in [0.15, 0.2) is 5.69 Å². The number of nitrogen functional groups attached to an aromatic ring is 1. The van der Waals surface area contributed by atoms with Crippen molar-refractivity contribution in [3.63, 3.8) is 0 Å². The smallest absolute Gasteiger partial charge is 0.272 e. The van der Waals surface area contributed by atoms with E-state index < -0.39 is 0 Å². The van der Waals surface area contributed by atoms with E-state index in [9.17, 15) is 4.79 Å². The second-order valence-corrected chi connectivity index (χ2v) is 4.43. The zero-order chi connectivity index (χ0) is 12.2. The highest BCUT2D eigenvalue weighted by molar-refractivity contribution is 5.92. The van der Waals surface area contributed by atoms with Crippen LogP contribution in [0.15, 0.2) is 12.1 Å². The van der Waals surface area contributed by atoms with Gasteiger partial charge in [0.2, 0.25) is 0 Å². The molecular formula is C11H18N4O. The molecule has 3 N–H and O–H groups in total. The van der Waals surface area contributed by atoms with Gasteiger partial charge in [-0.15, -0.1) is 10.2 Å². The molecule has 0 saturated carbocycles. The minimum Gasteiger partial charge on any atom is -0.382 e. The van der Waals surface area contributed by atoms with Crippen molar-refractivity contribution in [2.24, 2.45) is 0 Å². The van der Waals surface area contributed by atoms with E-state index in [1.54, 1.807) is 12.1 Å². The van der Waals surface area contributed by atoms with Crippen LogP contribution in [-0.4, -0.2) is 21.6 Å². The molecule has 5 nitrogen and oxygen atoms in total. The average molecular weight is 222 g/mol. The van der Waals surface area contributed by atoms with Crippen LogP contribution >= 0.6 is 0 Å². The second kappa shape index (κ2) is 4.92. The Kier molecular flexibility index (Phi) is 3.82. The fourth-order valence-corrected chi connectivity index (χ4v) is 1.52. The highest BCUT2D eigenvalue weighted by Gasteiger charge is 2.20. The Balaban J connectivity index is 2.69. The lowest BCUT2D eigenvalue weighted by Gasteiger charge is -2.25. The first-order valence-corrected chi connectivity index (χ1v) is 5.36. The Labute approximate surface area is 95.4 Å². The van der Waals surface area contributed by atoms with Crippen molar-refractivity contribution in [3.8, 4) is 0 Å². The van der Waals surface area contributed by atoms with Gasteiger partial charge in [0.1, 0.15) is 5.82 Å². The van der Waals surface area contributed by atoms with Gasteiger partial charge in [-0.3, -0.25) is 4.79 Å². The van der Waals surface area contributed by atoms with Crippen molar-refractivity contribution in [2.45, 2.75) is 39.2 Å². The van der Waals surface area contributed by atoms with Crippen molar-refractivity contribution in [2.75, 3.05) is 5.73 Å². The Morgan fingerprint density at radius 2 is 2.12 bits per heavy atom. The Morgan fingerprint density at radius 3 is 2.62 bits per heavy atom. The molecule has 16 heavy (non-hydrogen) atoms. The number of carbonyl (C=O) groups excluding carboxylic acids is 1. The van der Waals surface area contributed by atoms with Gasteiger partial charge in [0.05, 0.1) is 0 Å². The summed E-state index contributed by atoms with van der Waals surface area (Å²) in [7, 11) is 0. The maximum atomic E-state index is 11.8. The molecule has 0 unspecified atom stereocenters. The largest absolute Gasteiger partial charge is 0.382 e. The standard InChI is InChI=1S/C11H18N4O/c1-4-7-11(2,3)13-10(16)8-5-6-9(12)15-14-8/h5-6H,4,7H2,1-3H3,(H2,12,15)(H,13,16). The van der Waals surface area contributed by atoms with Crippen LogP contribution in [0.1, 0.15) is 44.1 Å². The zero-order valence-corrected chi connectivity index (χ0v) is 9.95. The lowest BCUT2D eigenvalue weighted by molar-refractivity contribution is 0.0903. The van der Waals surface area contributed by atoms with Crippen LogP contribution < -0.4 is 11.1 Å². The number of rotatable bonds is 4. The molecule has 0 aliphatic carbocycles. The molecule has 0 saturated heterocycles. The van der Waals surface area contributed by atoms with Gasteiger partial charge in [-0.25, -0.2) is 0 Å². The Bertz CT molecular complexity index is 359. The molecule has 1 amide bonds. The molecule has 0 bridgehead atoms. The molecule has 1 rings (SSSR count). The summed E-state index contributed by atoms with van der Waals surface area (Å²) >= 11 is 0. The number of hydrogen-bond donors (Lipinski definition) is 2. The van der Waals surface area contributed by atoms with Gasteiger partial charge in [-0.05, 0) is 32.4 Å². The van der Waals surface area contributed by atoms with E-state index >= 15 is 0 Å². The van der Waals surface area contributed by atoms with E-state index in [2.05, 4.69) is 22.4 Å². The van der Waals surface area contributed by atoms with Crippen LogP contribution in [0.25, 0.3) is 0 Å². The van der Waals surface area contributed by atoms with Crippen LogP contribution in [-0.2, 0) is 0 Å². The third-order valence-corrected chi connectivity index (χ3v) is 2.24. The highest BCUT2D eigenvalue weighted by Crippen LogP contribution is 2.11. The number of amides is 1. The quantitative estimate of drug-likeness (QED) is 0.806. The van der Waals surface area contributed by atoms with Crippen LogP contribution in [0, 0.1) is 0 Å². The van der Waals surface area contributed by atoms with Gasteiger partial charge < -0.3 is 11.1 Å². The molecule has 0 radical (unpaired) electrons. The lowest BCUT2D eigenvalue weighted by atomic mass is 9.99. The van der Waals surface area contributed by atoms with Crippen LogP contribution in [0.4, 0.5) is 5.82 Å². The number of nitrogens with zero attached hydrogens (tertiary/aromatic N) is 2. The summed E-state index contributed by atoms with van der Waals surface area (Å²) in [4.78, 5) is 11.8. The minimum atomic E-state index is -0.227. The van der Waals surface area contributed by atoms with Gasteiger partial charge in [0.25, 0.3) is 5.91 Å². The van der Waals surface area contributed by atoms with Crippen LogP contribution in [0.2, 0.25) is 0 Å². The summed E-state index contributed by atoms with van der Waals surface area (Å²) in [5.74, 6) is 0.0929. The van der Waals surface area contributed by atoms with E-state index in [1.165, 1.54) is 0 Å². The summed E-state index contributed by atoms with van der Waals surface area (Å²) in [5, 5.41) is 10.3. The third-order valence-electron chi connectivity index (χ3n) is 2.24. The number of anilines is 1. The first kappa shape index (κ1) is 12.4. The van der Waals surface area contributed by atoms with Crippen molar-refractivity contribution < 1.29 is 4.79 Å². The molecule has 0 fully saturated rings. The lowest BCUT2D eigenvalue weighted by Crippen LogP contribution is -2.43. The first-order chi connectivity index (χ1) is 7.44. The number of carbonyl (C=O) groups is 1. The third kappa shape index (κ3) is 3.49. The molecule has 1 aromatic rings. The molecule has 0 aliphatic rings. The predicted molar refractivity (Wildman–Crippen MR) is 62.9 cm³/mol. The maximum Gasteiger partial charge on any atom is 0.272 e. The fourth-order valence-electron chi connectivity index (χ4n) is 1.52. The first-order valence-electron chi connectivity index (χ1n) is 5.36. The normalized spacial score (nSPS) is 11.2. The molecule has 1 aromatic heterocycles. The van der Waals surface area contributed by atoms with E-state index in [0.29, 0.717) is 11.5 Å². The molecule has 5 heteroatoms. The summed E-state index contributed by atoms with van der Waals surface area (Å²) in [5.41, 5.74) is 5.46. The van der Waals surface area contributed by atoms with Crippen LogP contribution in [0.5, 0.6) is 0 Å². The zero-order valence-electron chi connectivity index (χ0n) is 9.95. The number of nitrogens with one attached hydrogen (secondary N) is 1. The molecule has 0 atom stereocenters. The van der Waals surface area contributed by atoms with E-state index in [4.69, 9.17) is 5.73 Å². The van der Waals surface area contributed by atoms with Crippen molar-refractivity contribution >= 4 is 11.7 Å². The maximum absolute atomic E-state index is 11.8. The average Bonchev–Trinajstić information content (AvgIpc) is 2.17. The summed E-state index contributed by atoms with van der Waals surface area (Å²) in [6, 6.07) is 3.13. The number of aromatic nitrogens is 2.